The summed E-state index contributed by atoms with van der Waals surface area (Å²) in [6.07, 6.45) is 2.32. The predicted octanol–water partition coefficient (Wildman–Crippen LogP) is 2.25. The number of carbonyl (C=O) groups is 1. The van der Waals surface area contributed by atoms with Crippen LogP contribution >= 0.6 is 11.3 Å². The maximum Gasteiger partial charge on any atom is 0.217 e. The highest BCUT2D eigenvalue weighted by Gasteiger charge is 2.38. The number of methoxy groups -OCH3 is 1. The molecule has 1 aliphatic rings. The molecule has 0 spiro atoms. The van der Waals surface area contributed by atoms with E-state index in [0.29, 0.717) is 11.6 Å². The van der Waals surface area contributed by atoms with Crippen LogP contribution in [-0.4, -0.2) is 18.0 Å². The molecule has 0 saturated heterocycles. The Morgan fingerprint density at radius 2 is 2.32 bits per heavy atom. The van der Waals surface area contributed by atoms with Crippen molar-refractivity contribution in [3.8, 4) is 5.75 Å². The van der Waals surface area contributed by atoms with Crippen molar-refractivity contribution in [1.29, 1.82) is 0 Å². The quantitative estimate of drug-likeness (QED) is 0.910. The van der Waals surface area contributed by atoms with Crippen molar-refractivity contribution in [2.24, 2.45) is 0 Å². The standard InChI is InChI=1S/C16H19N3O2S/c1-10(20)19-16(11-4-3-5-12(8-11)21-2)7-6-13-14(9-16)22-15(17)18-13/h3-5,8H,6-7,9H2,1-2H3,(H2,17,18)(H,19,20). The molecule has 1 heterocycles. The van der Waals surface area contributed by atoms with Crippen molar-refractivity contribution in [1.82, 2.24) is 10.3 Å². The van der Waals surface area contributed by atoms with E-state index in [1.165, 1.54) is 11.3 Å². The molecular formula is C16H19N3O2S. The van der Waals surface area contributed by atoms with Crippen molar-refractivity contribution >= 4 is 22.4 Å². The number of hydrogen-bond acceptors (Lipinski definition) is 5. The zero-order valence-electron chi connectivity index (χ0n) is 12.7. The summed E-state index contributed by atoms with van der Waals surface area (Å²) in [6, 6.07) is 7.89. The molecule has 0 saturated carbocycles. The SMILES string of the molecule is COc1cccc(C2(NC(C)=O)CCc3nc(N)sc3C2)c1. The second kappa shape index (κ2) is 5.61. The normalized spacial score (nSPS) is 20.3. The van der Waals surface area contributed by atoms with Crippen molar-refractivity contribution in [2.45, 2.75) is 31.7 Å². The van der Waals surface area contributed by atoms with Gasteiger partial charge >= 0.3 is 0 Å². The number of fused-ring (bicyclic) bond motifs is 1. The molecule has 0 radical (unpaired) electrons. The third kappa shape index (κ3) is 2.66. The predicted molar refractivity (Wildman–Crippen MR) is 87.0 cm³/mol. The van der Waals surface area contributed by atoms with Gasteiger partial charge in [0.15, 0.2) is 5.13 Å². The van der Waals surface area contributed by atoms with Gasteiger partial charge in [0.1, 0.15) is 5.75 Å². The van der Waals surface area contributed by atoms with Gasteiger partial charge < -0.3 is 15.8 Å². The lowest BCUT2D eigenvalue weighted by Crippen LogP contribution is -2.48. The van der Waals surface area contributed by atoms with Crippen LogP contribution in [0.1, 0.15) is 29.5 Å². The van der Waals surface area contributed by atoms with E-state index in [4.69, 9.17) is 10.5 Å². The van der Waals surface area contributed by atoms with E-state index >= 15 is 0 Å². The van der Waals surface area contributed by atoms with Gasteiger partial charge in [-0.2, -0.15) is 0 Å². The molecule has 1 aromatic carbocycles. The number of hydrogen-bond donors (Lipinski definition) is 2. The van der Waals surface area contributed by atoms with E-state index in [1.807, 2.05) is 24.3 Å². The third-order valence-electron chi connectivity index (χ3n) is 4.08. The van der Waals surface area contributed by atoms with Gasteiger partial charge in [0.2, 0.25) is 5.91 Å². The molecule has 0 aliphatic heterocycles. The number of anilines is 1. The van der Waals surface area contributed by atoms with Crippen LogP contribution in [-0.2, 0) is 23.2 Å². The number of benzene rings is 1. The van der Waals surface area contributed by atoms with Crippen LogP contribution in [0.3, 0.4) is 0 Å². The highest BCUT2D eigenvalue weighted by Crippen LogP contribution is 2.40. The number of nitrogens with zero attached hydrogens (tertiary/aromatic N) is 1. The van der Waals surface area contributed by atoms with E-state index < -0.39 is 5.54 Å². The van der Waals surface area contributed by atoms with Gasteiger partial charge in [0.25, 0.3) is 0 Å². The number of amides is 1. The molecule has 6 heteroatoms. The van der Waals surface area contributed by atoms with Crippen LogP contribution in [0.25, 0.3) is 0 Å². The van der Waals surface area contributed by atoms with Crippen molar-refractivity contribution in [3.05, 3.63) is 40.4 Å². The van der Waals surface area contributed by atoms with E-state index in [-0.39, 0.29) is 5.91 Å². The molecular weight excluding hydrogens is 298 g/mol. The number of rotatable bonds is 3. The molecule has 1 atom stereocenters. The number of nitrogen functional groups attached to an aromatic ring is 1. The van der Waals surface area contributed by atoms with E-state index in [9.17, 15) is 4.79 Å². The first kappa shape index (κ1) is 14.8. The Labute approximate surface area is 133 Å². The summed E-state index contributed by atoms with van der Waals surface area (Å²) in [5.41, 5.74) is 7.53. The van der Waals surface area contributed by atoms with Crippen LogP contribution in [0.5, 0.6) is 5.75 Å². The number of thiazole rings is 1. The molecule has 0 bridgehead atoms. The lowest BCUT2D eigenvalue weighted by Gasteiger charge is -2.38. The van der Waals surface area contributed by atoms with Gasteiger partial charge in [-0.05, 0) is 30.5 Å². The zero-order valence-corrected chi connectivity index (χ0v) is 13.5. The molecule has 1 aromatic heterocycles. The van der Waals surface area contributed by atoms with Crippen LogP contribution in [0.2, 0.25) is 0 Å². The minimum Gasteiger partial charge on any atom is -0.497 e. The fourth-order valence-corrected chi connectivity index (χ4v) is 4.11. The van der Waals surface area contributed by atoms with Gasteiger partial charge in [-0.1, -0.05) is 12.1 Å². The minimum atomic E-state index is -0.424. The zero-order chi connectivity index (χ0) is 15.7. The van der Waals surface area contributed by atoms with Gasteiger partial charge in [0, 0.05) is 18.2 Å². The monoisotopic (exact) mass is 317 g/mol. The molecule has 0 fully saturated rings. The molecule has 1 amide bonds. The molecule has 5 nitrogen and oxygen atoms in total. The summed E-state index contributed by atoms with van der Waals surface area (Å²) in [5, 5.41) is 3.75. The second-order valence-electron chi connectivity index (χ2n) is 5.59. The highest BCUT2D eigenvalue weighted by atomic mass is 32.1. The first-order valence-corrected chi connectivity index (χ1v) is 8.01. The Hall–Kier alpha value is -2.08. The highest BCUT2D eigenvalue weighted by molar-refractivity contribution is 7.15. The molecule has 2 aromatic rings. The van der Waals surface area contributed by atoms with E-state index in [0.717, 1.165) is 34.7 Å². The summed E-state index contributed by atoms with van der Waals surface area (Å²) in [5.74, 6) is 0.751. The van der Waals surface area contributed by atoms with E-state index in [1.54, 1.807) is 14.0 Å². The summed E-state index contributed by atoms with van der Waals surface area (Å²) in [4.78, 5) is 17.3. The van der Waals surface area contributed by atoms with Crippen LogP contribution in [0, 0.1) is 0 Å². The number of carbonyl (C=O) groups excluding carboxylic acids is 1. The van der Waals surface area contributed by atoms with Crippen LogP contribution in [0.4, 0.5) is 5.13 Å². The average Bonchev–Trinajstić information content (AvgIpc) is 2.85. The Bertz CT molecular complexity index is 713. The van der Waals surface area contributed by atoms with Gasteiger partial charge in [-0.25, -0.2) is 4.98 Å². The molecule has 116 valence electrons. The van der Waals surface area contributed by atoms with Gasteiger partial charge in [0.05, 0.1) is 18.3 Å². The number of nitrogens with one attached hydrogen (secondary N) is 1. The third-order valence-corrected chi connectivity index (χ3v) is 5.01. The lowest BCUT2D eigenvalue weighted by atomic mass is 9.77. The Balaban J connectivity index is 2.04. The molecule has 3 N–H and O–H groups in total. The molecule has 22 heavy (non-hydrogen) atoms. The number of nitrogens with two attached hydrogens (primary N) is 1. The fraction of sp³-hybridized carbons (Fsp3) is 0.375. The average molecular weight is 317 g/mol. The number of aryl methyl sites for hydroxylation is 1. The molecule has 3 rings (SSSR count). The van der Waals surface area contributed by atoms with Crippen molar-refractivity contribution < 1.29 is 9.53 Å². The van der Waals surface area contributed by atoms with Gasteiger partial charge in [-0.15, -0.1) is 11.3 Å². The minimum absolute atomic E-state index is 0.0382. The maximum atomic E-state index is 11.8. The largest absolute Gasteiger partial charge is 0.497 e. The van der Waals surface area contributed by atoms with Gasteiger partial charge in [-0.3, -0.25) is 4.79 Å². The van der Waals surface area contributed by atoms with Crippen molar-refractivity contribution in [3.63, 3.8) is 0 Å². The Kier molecular flexibility index (Phi) is 3.78. The molecule has 1 unspecified atom stereocenters. The van der Waals surface area contributed by atoms with Crippen LogP contribution < -0.4 is 15.8 Å². The smallest absolute Gasteiger partial charge is 0.217 e. The summed E-state index contributed by atoms with van der Waals surface area (Å²) in [6.45, 7) is 1.55. The Morgan fingerprint density at radius 3 is 3.05 bits per heavy atom. The summed E-state index contributed by atoms with van der Waals surface area (Å²) >= 11 is 1.51. The fourth-order valence-electron chi connectivity index (χ4n) is 3.11. The summed E-state index contributed by atoms with van der Waals surface area (Å²) in [7, 11) is 1.65. The second-order valence-corrected chi connectivity index (χ2v) is 6.71. The molecule has 1 aliphatic carbocycles. The number of aromatic nitrogens is 1. The maximum absolute atomic E-state index is 11.8. The van der Waals surface area contributed by atoms with Crippen LogP contribution in [0.15, 0.2) is 24.3 Å². The lowest BCUT2D eigenvalue weighted by molar-refractivity contribution is -0.121. The first-order valence-electron chi connectivity index (χ1n) is 7.20. The Morgan fingerprint density at radius 1 is 1.50 bits per heavy atom. The number of ether oxygens (including phenoxy) is 1. The van der Waals surface area contributed by atoms with E-state index in [2.05, 4.69) is 10.3 Å². The van der Waals surface area contributed by atoms with Crippen molar-refractivity contribution in [2.75, 3.05) is 12.8 Å². The topological polar surface area (TPSA) is 77.2 Å². The first-order chi connectivity index (χ1) is 10.5. The summed E-state index contributed by atoms with van der Waals surface area (Å²) < 4.78 is 5.33.